The van der Waals surface area contributed by atoms with Gasteiger partial charge >= 0.3 is 6.18 Å². The normalized spacial score (nSPS) is 21.5. The number of nitrogens with zero attached hydrogens (tertiary/aromatic N) is 1. The Hall–Kier alpha value is -2.55. The number of rotatable bonds is 8. The summed E-state index contributed by atoms with van der Waals surface area (Å²) >= 11 is 5.21. The Bertz CT molecular complexity index is 1090. The molecule has 0 aromatic heterocycles. The molecule has 2 bridgehead atoms. The second-order valence-corrected chi connectivity index (χ2v) is 9.92. The molecule has 35 heavy (non-hydrogen) atoms. The standard InChI is InChI=1S/C24H26F3N4O2PS/c25-24(26,27)15-4-3-5-16(12-15)30-21-7-2-1-6-20(21)23(33)28-11-10-22(32)31(34-35)19-13-17-8-9-18(14-19)29-17/h1-7,12,17-19,29-30H,8-11,13-14H2,(H,28,33)/t17-,18+,19+. The lowest BCUT2D eigenvalue weighted by Gasteiger charge is -2.34. The van der Waals surface area contributed by atoms with Crippen LogP contribution < -0.4 is 16.0 Å². The van der Waals surface area contributed by atoms with E-state index in [1.807, 2.05) is 0 Å². The number of para-hydroxylation sites is 1. The van der Waals surface area contributed by atoms with Crippen molar-refractivity contribution in [2.24, 2.45) is 0 Å². The van der Waals surface area contributed by atoms with Gasteiger partial charge in [0.15, 0.2) is 0 Å². The maximum Gasteiger partial charge on any atom is 0.416 e. The summed E-state index contributed by atoms with van der Waals surface area (Å²) in [6, 6.07) is 12.3. The molecule has 2 aliphatic rings. The molecule has 4 rings (SSSR count). The molecule has 2 saturated heterocycles. The highest BCUT2D eigenvalue weighted by atomic mass is 32.4. The highest BCUT2D eigenvalue weighted by molar-refractivity contribution is 7.95. The van der Waals surface area contributed by atoms with Crippen LogP contribution in [0.15, 0.2) is 48.5 Å². The maximum atomic E-state index is 13.0. The molecule has 2 aliphatic heterocycles. The van der Waals surface area contributed by atoms with Crippen molar-refractivity contribution in [1.29, 1.82) is 0 Å². The number of fused-ring (bicyclic) bond motifs is 2. The van der Waals surface area contributed by atoms with E-state index in [0.29, 0.717) is 25.3 Å². The minimum absolute atomic E-state index is 0.0938. The molecule has 3 atom stereocenters. The zero-order valence-electron chi connectivity index (χ0n) is 18.8. The number of piperidine rings is 1. The molecule has 2 aromatic carbocycles. The van der Waals surface area contributed by atoms with Gasteiger partial charge in [-0.1, -0.05) is 18.2 Å². The van der Waals surface area contributed by atoms with Gasteiger partial charge in [0.05, 0.1) is 24.3 Å². The van der Waals surface area contributed by atoms with Gasteiger partial charge in [0.1, 0.15) is 0 Å². The van der Waals surface area contributed by atoms with E-state index in [4.69, 9.17) is 11.8 Å². The molecule has 2 fully saturated rings. The van der Waals surface area contributed by atoms with Crippen LogP contribution in [0.4, 0.5) is 24.5 Å². The largest absolute Gasteiger partial charge is 0.416 e. The topological polar surface area (TPSA) is 73.5 Å². The fraction of sp³-hybridized carbons (Fsp3) is 0.417. The lowest BCUT2D eigenvalue weighted by atomic mass is 9.99. The predicted molar refractivity (Wildman–Crippen MR) is 132 cm³/mol. The second kappa shape index (κ2) is 11.0. The smallest absolute Gasteiger partial charge is 0.355 e. The monoisotopic (exact) mass is 522 g/mol. The first-order valence-corrected chi connectivity index (χ1v) is 13.3. The third-order valence-electron chi connectivity index (χ3n) is 6.40. The number of hydrogen-bond donors (Lipinski definition) is 3. The van der Waals surface area contributed by atoms with Gasteiger partial charge in [-0.25, -0.2) is 0 Å². The summed E-state index contributed by atoms with van der Waals surface area (Å²) < 4.78 is 40.8. The number of alkyl halides is 3. The number of carbonyl (C=O) groups excluding carboxylic acids is 2. The van der Waals surface area contributed by atoms with Gasteiger partial charge in [0.2, 0.25) is 5.91 Å². The highest BCUT2D eigenvalue weighted by Crippen LogP contribution is 2.33. The molecule has 0 aliphatic carbocycles. The third-order valence-corrected chi connectivity index (χ3v) is 7.66. The number of carbonyl (C=O) groups is 2. The van der Waals surface area contributed by atoms with E-state index in [-0.39, 0.29) is 36.2 Å². The number of nitrogens with one attached hydrogen (secondary N) is 3. The minimum Gasteiger partial charge on any atom is -0.355 e. The number of halogens is 3. The Morgan fingerprint density at radius 3 is 2.49 bits per heavy atom. The molecule has 186 valence electrons. The SMILES string of the molecule is O=C(NCCC(=O)N(P=S)[C@H]1C[C@H]2CC[C@@H](C1)N2)c1ccccc1Nc1cccc(C(F)(F)F)c1. The van der Waals surface area contributed by atoms with E-state index in [1.54, 1.807) is 28.9 Å². The first kappa shape index (κ1) is 25.5. The predicted octanol–water partition coefficient (Wildman–Crippen LogP) is 5.00. The van der Waals surface area contributed by atoms with E-state index in [2.05, 4.69) is 16.0 Å². The van der Waals surface area contributed by atoms with Gasteiger partial charge in [0, 0.05) is 36.8 Å². The van der Waals surface area contributed by atoms with Crippen LogP contribution in [0.2, 0.25) is 0 Å². The van der Waals surface area contributed by atoms with E-state index in [0.717, 1.165) is 37.8 Å². The summed E-state index contributed by atoms with van der Waals surface area (Å²) in [6.45, 7) is 0.134. The zero-order valence-corrected chi connectivity index (χ0v) is 20.6. The van der Waals surface area contributed by atoms with E-state index < -0.39 is 17.6 Å². The van der Waals surface area contributed by atoms with Crippen LogP contribution in [0.3, 0.4) is 0 Å². The zero-order chi connectivity index (χ0) is 25.0. The van der Waals surface area contributed by atoms with Crippen molar-refractivity contribution in [3.05, 3.63) is 59.7 Å². The maximum absolute atomic E-state index is 13.0. The van der Waals surface area contributed by atoms with Gasteiger partial charge in [-0.15, -0.1) is 0 Å². The summed E-state index contributed by atoms with van der Waals surface area (Å²) in [5, 5.41) is 9.19. The summed E-state index contributed by atoms with van der Waals surface area (Å²) in [6.07, 6.45) is -0.298. The summed E-state index contributed by atoms with van der Waals surface area (Å²) in [7, 11) is 0.487. The van der Waals surface area contributed by atoms with Crippen LogP contribution in [-0.2, 0) is 22.8 Å². The van der Waals surface area contributed by atoms with Gasteiger partial charge in [-0.3, -0.25) is 14.3 Å². The lowest BCUT2D eigenvalue weighted by molar-refractivity contribution is -0.137. The van der Waals surface area contributed by atoms with Crippen molar-refractivity contribution in [2.75, 3.05) is 11.9 Å². The van der Waals surface area contributed by atoms with Gasteiger partial charge < -0.3 is 16.0 Å². The third kappa shape index (κ3) is 6.37. The summed E-state index contributed by atoms with van der Waals surface area (Å²) in [5.41, 5.74) is 0.0682. The molecule has 2 amide bonds. The molecule has 3 N–H and O–H groups in total. The summed E-state index contributed by atoms with van der Waals surface area (Å²) in [5.74, 6) is -0.515. The molecule has 6 nitrogen and oxygen atoms in total. The van der Waals surface area contributed by atoms with E-state index >= 15 is 0 Å². The fourth-order valence-electron chi connectivity index (χ4n) is 4.75. The van der Waals surface area contributed by atoms with Gasteiger partial charge in [0.25, 0.3) is 5.91 Å². The Balaban J connectivity index is 1.35. The average Bonchev–Trinajstić information content (AvgIpc) is 3.17. The molecule has 0 radical (unpaired) electrons. The van der Waals surface area contributed by atoms with Crippen molar-refractivity contribution in [2.45, 2.75) is 56.4 Å². The molecular formula is C24H26F3N4O2PS. The van der Waals surface area contributed by atoms with Crippen LogP contribution in [0.5, 0.6) is 0 Å². The van der Waals surface area contributed by atoms with Crippen LogP contribution in [-0.4, -0.2) is 41.2 Å². The van der Waals surface area contributed by atoms with Crippen LogP contribution in [0.25, 0.3) is 0 Å². The molecule has 11 heteroatoms. The molecule has 0 saturated carbocycles. The molecule has 2 heterocycles. The van der Waals surface area contributed by atoms with Crippen molar-refractivity contribution in [3.8, 4) is 0 Å². The van der Waals surface area contributed by atoms with Crippen molar-refractivity contribution in [1.82, 2.24) is 15.3 Å². The van der Waals surface area contributed by atoms with Crippen molar-refractivity contribution < 1.29 is 22.8 Å². The van der Waals surface area contributed by atoms with E-state index in [9.17, 15) is 22.8 Å². The second-order valence-electron chi connectivity index (χ2n) is 8.84. The first-order valence-electron chi connectivity index (χ1n) is 11.5. The van der Waals surface area contributed by atoms with Gasteiger partial charge in [-0.2, -0.15) is 13.2 Å². The number of amides is 2. The quantitative estimate of drug-likeness (QED) is 0.426. The molecular weight excluding hydrogens is 496 g/mol. The Morgan fingerprint density at radius 2 is 1.80 bits per heavy atom. The van der Waals surface area contributed by atoms with Gasteiger partial charge in [-0.05, 0) is 67.8 Å². The summed E-state index contributed by atoms with van der Waals surface area (Å²) in [4.78, 5) is 25.6. The van der Waals surface area contributed by atoms with Crippen molar-refractivity contribution in [3.63, 3.8) is 0 Å². The number of anilines is 2. The Kier molecular flexibility index (Phi) is 8.04. The van der Waals surface area contributed by atoms with Crippen LogP contribution in [0, 0.1) is 0 Å². The molecule has 2 aromatic rings. The van der Waals surface area contributed by atoms with E-state index in [1.165, 1.54) is 12.1 Å². The highest BCUT2D eigenvalue weighted by Gasteiger charge is 2.37. The molecule has 0 spiro atoms. The minimum atomic E-state index is -4.47. The Morgan fingerprint density at radius 1 is 1.09 bits per heavy atom. The fourth-order valence-corrected chi connectivity index (χ4v) is 5.94. The number of hydrogen-bond acceptors (Lipinski definition) is 5. The molecule has 0 unspecified atom stereocenters. The number of benzene rings is 2. The Labute approximate surface area is 208 Å². The lowest BCUT2D eigenvalue weighted by Crippen LogP contribution is -2.47. The van der Waals surface area contributed by atoms with Crippen LogP contribution in [0.1, 0.15) is 48.0 Å². The first-order chi connectivity index (χ1) is 16.7. The van der Waals surface area contributed by atoms with Crippen molar-refractivity contribution >= 4 is 42.5 Å². The van der Waals surface area contributed by atoms with Crippen LogP contribution >= 0.6 is 7.51 Å². The average molecular weight is 523 g/mol.